The normalized spacial score (nSPS) is 10.7. The smallest absolute Gasteiger partial charge is 0.0253 e. The molecule has 0 fully saturated rings. The van der Waals surface area contributed by atoms with Crippen molar-refractivity contribution in [2.45, 2.75) is 61.3 Å². The lowest BCUT2D eigenvalue weighted by molar-refractivity contribution is 0.645. The van der Waals surface area contributed by atoms with E-state index in [1.54, 1.807) is 0 Å². The third-order valence-electron chi connectivity index (χ3n) is 3.89. The molecule has 0 amide bonds. The van der Waals surface area contributed by atoms with Crippen LogP contribution < -0.4 is 0 Å². The lowest BCUT2D eigenvalue weighted by atomic mass is 9.97. The second-order valence-electron chi connectivity index (χ2n) is 7.61. The van der Waals surface area contributed by atoms with E-state index in [1.807, 2.05) is 0 Å². The highest BCUT2D eigenvalue weighted by Gasteiger charge is 2.00. The minimum Gasteiger partial charge on any atom is -0.0625 e. The molecule has 126 valence electrons. The number of aryl methyl sites for hydroxylation is 3. The van der Waals surface area contributed by atoms with Crippen molar-refractivity contribution in [2.24, 2.45) is 11.8 Å². The summed E-state index contributed by atoms with van der Waals surface area (Å²) in [5, 5.41) is 0. The van der Waals surface area contributed by atoms with Crippen LogP contribution in [0.15, 0.2) is 42.5 Å². The van der Waals surface area contributed by atoms with E-state index in [0.29, 0.717) is 0 Å². The van der Waals surface area contributed by atoms with Gasteiger partial charge in [-0.15, -0.1) is 0 Å². The zero-order valence-electron chi connectivity index (χ0n) is 16.1. The van der Waals surface area contributed by atoms with Crippen molar-refractivity contribution >= 4 is 0 Å². The second-order valence-corrected chi connectivity index (χ2v) is 7.61. The van der Waals surface area contributed by atoms with Gasteiger partial charge in [-0.05, 0) is 62.1 Å². The van der Waals surface area contributed by atoms with Gasteiger partial charge in [0.2, 0.25) is 0 Å². The third kappa shape index (κ3) is 8.02. The molecule has 0 heterocycles. The van der Waals surface area contributed by atoms with Crippen molar-refractivity contribution in [3.8, 4) is 0 Å². The Morgan fingerprint density at radius 3 is 1.65 bits per heavy atom. The minimum absolute atomic E-state index is 0.756. The highest BCUT2D eigenvalue weighted by atomic mass is 14.1. The summed E-state index contributed by atoms with van der Waals surface area (Å²) in [7, 11) is 0. The van der Waals surface area contributed by atoms with E-state index in [2.05, 4.69) is 90.9 Å². The Bertz CT molecular complexity index is 573. The molecule has 0 unspecified atom stereocenters. The fourth-order valence-electron chi connectivity index (χ4n) is 2.71. The highest BCUT2D eigenvalue weighted by Crippen LogP contribution is 2.14. The van der Waals surface area contributed by atoms with Crippen LogP contribution in [0, 0.1) is 32.6 Å². The van der Waals surface area contributed by atoms with E-state index < -0.39 is 0 Å². The Kier molecular flexibility index (Phi) is 8.09. The number of rotatable bonds is 4. The zero-order chi connectivity index (χ0) is 17.4. The van der Waals surface area contributed by atoms with Crippen LogP contribution in [-0.2, 0) is 12.8 Å². The van der Waals surface area contributed by atoms with Gasteiger partial charge in [0.1, 0.15) is 0 Å². The Labute approximate surface area is 144 Å². The van der Waals surface area contributed by atoms with Crippen LogP contribution in [0.2, 0.25) is 0 Å². The third-order valence-corrected chi connectivity index (χ3v) is 3.89. The summed E-state index contributed by atoms with van der Waals surface area (Å²) in [5.74, 6) is 1.52. The number of benzene rings is 2. The zero-order valence-corrected chi connectivity index (χ0v) is 16.1. The van der Waals surface area contributed by atoms with Crippen molar-refractivity contribution < 1.29 is 0 Å². The molecule has 0 bridgehead atoms. The SMILES string of the molecule is Cc1ccc(CC(C)C)c(C)c1.Cc1ccc(CC(C)C)cc1. The molecule has 0 aliphatic heterocycles. The van der Waals surface area contributed by atoms with Crippen molar-refractivity contribution in [3.05, 3.63) is 70.3 Å². The van der Waals surface area contributed by atoms with Crippen LogP contribution in [0.5, 0.6) is 0 Å². The van der Waals surface area contributed by atoms with Crippen LogP contribution in [0.25, 0.3) is 0 Å². The molecule has 0 heteroatoms. The first kappa shape index (κ1) is 19.5. The van der Waals surface area contributed by atoms with Gasteiger partial charge in [0, 0.05) is 0 Å². The van der Waals surface area contributed by atoms with Gasteiger partial charge in [-0.2, -0.15) is 0 Å². The van der Waals surface area contributed by atoms with Crippen molar-refractivity contribution in [1.29, 1.82) is 0 Å². The van der Waals surface area contributed by atoms with Gasteiger partial charge < -0.3 is 0 Å². The fourth-order valence-corrected chi connectivity index (χ4v) is 2.71. The van der Waals surface area contributed by atoms with Crippen LogP contribution in [0.4, 0.5) is 0 Å². The molecule has 2 aromatic rings. The fraction of sp³-hybridized carbons (Fsp3) is 0.478. The van der Waals surface area contributed by atoms with Crippen molar-refractivity contribution in [1.82, 2.24) is 0 Å². The van der Waals surface area contributed by atoms with E-state index in [1.165, 1.54) is 40.7 Å². The standard InChI is InChI=1S/C12H18.C11H16/c1-9(2)7-12-6-5-10(3)8-11(12)4;1-9(2)8-11-6-4-10(3)5-7-11/h5-6,8-9H,7H2,1-4H3;4-7,9H,8H2,1-3H3. The molecule has 0 radical (unpaired) electrons. The van der Waals surface area contributed by atoms with E-state index in [-0.39, 0.29) is 0 Å². The van der Waals surface area contributed by atoms with E-state index in [0.717, 1.165) is 11.8 Å². The van der Waals surface area contributed by atoms with Gasteiger partial charge in [0.15, 0.2) is 0 Å². The molecule has 2 aromatic carbocycles. The molecular weight excluding hydrogens is 276 g/mol. The molecule has 0 saturated heterocycles. The topological polar surface area (TPSA) is 0 Å². The average molecular weight is 311 g/mol. The van der Waals surface area contributed by atoms with E-state index in [9.17, 15) is 0 Å². The molecular formula is C23H34. The maximum absolute atomic E-state index is 2.26. The number of hydrogen-bond donors (Lipinski definition) is 0. The highest BCUT2D eigenvalue weighted by molar-refractivity contribution is 5.30. The molecule has 0 saturated carbocycles. The minimum atomic E-state index is 0.756. The first-order valence-corrected chi connectivity index (χ1v) is 8.89. The molecule has 2 rings (SSSR count). The lowest BCUT2D eigenvalue weighted by Gasteiger charge is -2.08. The Balaban J connectivity index is 0.000000231. The van der Waals surface area contributed by atoms with Gasteiger partial charge in [0.05, 0.1) is 0 Å². The summed E-state index contributed by atoms with van der Waals surface area (Å²) in [6.07, 6.45) is 2.40. The monoisotopic (exact) mass is 310 g/mol. The van der Waals surface area contributed by atoms with E-state index in [4.69, 9.17) is 0 Å². The first-order valence-electron chi connectivity index (χ1n) is 8.89. The molecule has 23 heavy (non-hydrogen) atoms. The Hall–Kier alpha value is -1.56. The quantitative estimate of drug-likeness (QED) is 0.589. The maximum atomic E-state index is 2.26. The number of hydrogen-bond acceptors (Lipinski definition) is 0. The van der Waals surface area contributed by atoms with Crippen molar-refractivity contribution in [3.63, 3.8) is 0 Å². The average Bonchev–Trinajstić information content (AvgIpc) is 2.44. The summed E-state index contributed by atoms with van der Waals surface area (Å²) in [6, 6.07) is 15.5. The van der Waals surface area contributed by atoms with Gasteiger partial charge >= 0.3 is 0 Å². The molecule has 0 aliphatic rings. The maximum Gasteiger partial charge on any atom is -0.0253 e. The summed E-state index contributed by atoms with van der Waals surface area (Å²) in [4.78, 5) is 0. The second kappa shape index (κ2) is 9.55. The molecule has 0 aromatic heterocycles. The predicted molar refractivity (Wildman–Crippen MR) is 104 cm³/mol. The van der Waals surface area contributed by atoms with Gasteiger partial charge in [-0.25, -0.2) is 0 Å². The predicted octanol–water partition coefficient (Wildman–Crippen LogP) is 6.70. The molecule has 0 aliphatic carbocycles. The molecule has 0 spiro atoms. The van der Waals surface area contributed by atoms with E-state index >= 15 is 0 Å². The summed E-state index contributed by atoms with van der Waals surface area (Å²) in [5.41, 5.74) is 7.09. The van der Waals surface area contributed by atoms with Gasteiger partial charge in [-0.1, -0.05) is 81.3 Å². The van der Waals surface area contributed by atoms with Crippen LogP contribution in [0.1, 0.15) is 55.5 Å². The molecule has 0 N–H and O–H groups in total. The van der Waals surface area contributed by atoms with Crippen LogP contribution in [-0.4, -0.2) is 0 Å². The summed E-state index contributed by atoms with van der Waals surface area (Å²) >= 11 is 0. The van der Waals surface area contributed by atoms with Crippen LogP contribution >= 0.6 is 0 Å². The van der Waals surface area contributed by atoms with Crippen LogP contribution in [0.3, 0.4) is 0 Å². The Morgan fingerprint density at radius 2 is 1.17 bits per heavy atom. The summed E-state index contributed by atoms with van der Waals surface area (Å²) < 4.78 is 0. The lowest BCUT2D eigenvalue weighted by Crippen LogP contribution is -1.96. The van der Waals surface area contributed by atoms with Crippen molar-refractivity contribution in [2.75, 3.05) is 0 Å². The first-order chi connectivity index (χ1) is 10.8. The molecule has 0 nitrogen and oxygen atoms in total. The largest absolute Gasteiger partial charge is 0.0625 e. The molecule has 0 atom stereocenters. The Morgan fingerprint density at radius 1 is 0.652 bits per heavy atom. The van der Waals surface area contributed by atoms with Gasteiger partial charge in [-0.3, -0.25) is 0 Å². The summed E-state index contributed by atoms with van der Waals surface area (Å²) in [6.45, 7) is 15.5. The van der Waals surface area contributed by atoms with Gasteiger partial charge in [0.25, 0.3) is 0 Å².